The van der Waals surface area contributed by atoms with E-state index in [9.17, 15) is 4.79 Å². The maximum Gasteiger partial charge on any atom is 0.238 e. The van der Waals surface area contributed by atoms with Crippen LogP contribution in [0.3, 0.4) is 0 Å². The summed E-state index contributed by atoms with van der Waals surface area (Å²) in [6, 6.07) is 0. The van der Waals surface area contributed by atoms with Crippen molar-refractivity contribution in [3.63, 3.8) is 0 Å². The molecule has 0 aromatic carbocycles. The van der Waals surface area contributed by atoms with Crippen molar-refractivity contribution >= 4 is 17.5 Å². The van der Waals surface area contributed by atoms with Crippen LogP contribution in [0, 0.1) is 0 Å². The van der Waals surface area contributed by atoms with Crippen molar-refractivity contribution in [1.82, 2.24) is 15.0 Å². The van der Waals surface area contributed by atoms with Gasteiger partial charge in [-0.05, 0) is 13.1 Å². The Labute approximate surface area is 111 Å². The van der Waals surface area contributed by atoms with E-state index in [2.05, 4.69) is 28.9 Å². The van der Waals surface area contributed by atoms with E-state index in [1.165, 1.54) is 0 Å². The minimum absolute atomic E-state index is 0.176. The maximum absolute atomic E-state index is 11.6. The molecule has 2 heterocycles. The number of hydrogen-bond acceptors (Lipinski definition) is 6. The Balaban J connectivity index is 1.91. The lowest BCUT2D eigenvalue weighted by Gasteiger charge is -2.16. The number of rotatable bonds is 6. The van der Waals surface area contributed by atoms with Crippen molar-refractivity contribution in [2.75, 3.05) is 31.1 Å². The summed E-state index contributed by atoms with van der Waals surface area (Å²) in [6.45, 7) is 7.26. The maximum atomic E-state index is 11.6. The number of ketones is 1. The Hall–Kier alpha value is -0.880. The summed E-state index contributed by atoms with van der Waals surface area (Å²) in [5.41, 5.74) is 0. The van der Waals surface area contributed by atoms with Gasteiger partial charge < -0.3 is 9.42 Å². The normalized spacial score (nSPS) is 19.9. The number of thioether (sulfide) groups is 1. The second-order valence-corrected chi connectivity index (χ2v) is 5.39. The first-order valence-corrected chi connectivity index (χ1v) is 7.55. The standard InChI is InChI=1S/C12H19N3O2S/c1-3-15(4-2)6-5-11-13-12(17-14-11)9-7-18-8-10(9)16/h9H,3-8H2,1-2H3. The summed E-state index contributed by atoms with van der Waals surface area (Å²) in [6.07, 6.45) is 0.777. The second-order valence-electron chi connectivity index (χ2n) is 4.36. The molecule has 1 saturated heterocycles. The highest BCUT2D eigenvalue weighted by molar-refractivity contribution is 8.00. The molecule has 100 valence electrons. The average molecular weight is 269 g/mol. The third kappa shape index (κ3) is 3.11. The van der Waals surface area contributed by atoms with Gasteiger partial charge in [-0.25, -0.2) is 0 Å². The predicted octanol–water partition coefficient (Wildman–Crippen LogP) is 1.35. The summed E-state index contributed by atoms with van der Waals surface area (Å²) >= 11 is 1.63. The van der Waals surface area contributed by atoms with Crippen LogP contribution in [-0.2, 0) is 11.2 Å². The highest BCUT2D eigenvalue weighted by Gasteiger charge is 2.31. The number of nitrogens with zero attached hydrogens (tertiary/aromatic N) is 3. The van der Waals surface area contributed by atoms with Crippen LogP contribution in [0.15, 0.2) is 4.52 Å². The summed E-state index contributed by atoms with van der Waals surface area (Å²) in [5.74, 6) is 2.59. The minimum atomic E-state index is -0.176. The van der Waals surface area contributed by atoms with E-state index >= 15 is 0 Å². The molecule has 18 heavy (non-hydrogen) atoms. The van der Waals surface area contributed by atoms with E-state index in [0.29, 0.717) is 17.5 Å². The Morgan fingerprint density at radius 3 is 2.83 bits per heavy atom. The Morgan fingerprint density at radius 1 is 1.44 bits per heavy atom. The van der Waals surface area contributed by atoms with E-state index in [1.807, 2.05) is 0 Å². The highest BCUT2D eigenvalue weighted by Crippen LogP contribution is 2.28. The van der Waals surface area contributed by atoms with Gasteiger partial charge in [0.25, 0.3) is 0 Å². The molecule has 1 aromatic rings. The molecule has 0 bridgehead atoms. The Kier molecular flexibility index (Phi) is 4.77. The molecule has 1 fully saturated rings. The summed E-state index contributed by atoms with van der Waals surface area (Å²) < 4.78 is 5.20. The van der Waals surface area contributed by atoms with Crippen molar-refractivity contribution in [3.05, 3.63) is 11.7 Å². The first kappa shape index (κ1) is 13.5. The third-order valence-corrected chi connectivity index (χ3v) is 4.30. The second kappa shape index (κ2) is 6.33. The van der Waals surface area contributed by atoms with Crippen LogP contribution in [0.2, 0.25) is 0 Å². The number of hydrogen-bond donors (Lipinski definition) is 0. The third-order valence-electron chi connectivity index (χ3n) is 3.25. The van der Waals surface area contributed by atoms with Gasteiger partial charge in [0.2, 0.25) is 5.89 Å². The van der Waals surface area contributed by atoms with Crippen LogP contribution >= 0.6 is 11.8 Å². The zero-order chi connectivity index (χ0) is 13.0. The SMILES string of the molecule is CCN(CC)CCc1noc(C2CSCC2=O)n1. The topological polar surface area (TPSA) is 59.2 Å². The van der Waals surface area contributed by atoms with Gasteiger partial charge >= 0.3 is 0 Å². The van der Waals surface area contributed by atoms with Crippen LogP contribution in [0.1, 0.15) is 31.5 Å². The van der Waals surface area contributed by atoms with Gasteiger partial charge in [0.05, 0.1) is 5.75 Å². The quantitative estimate of drug-likeness (QED) is 0.777. The molecule has 1 atom stereocenters. The van der Waals surface area contributed by atoms with E-state index in [0.717, 1.165) is 31.8 Å². The van der Waals surface area contributed by atoms with Gasteiger partial charge in [-0.2, -0.15) is 16.7 Å². The number of carbonyl (C=O) groups is 1. The number of carbonyl (C=O) groups excluding carboxylic acids is 1. The van der Waals surface area contributed by atoms with E-state index in [1.54, 1.807) is 11.8 Å². The number of aromatic nitrogens is 2. The smallest absolute Gasteiger partial charge is 0.238 e. The van der Waals surface area contributed by atoms with Gasteiger partial charge in [-0.1, -0.05) is 19.0 Å². The molecule has 0 amide bonds. The summed E-state index contributed by atoms with van der Waals surface area (Å²) in [4.78, 5) is 18.2. The first-order valence-electron chi connectivity index (χ1n) is 6.39. The fourth-order valence-corrected chi connectivity index (χ4v) is 3.07. The molecule has 2 rings (SSSR count). The number of Topliss-reactive ketones (excluding diaryl/α,β-unsaturated/α-hetero) is 1. The molecule has 0 aliphatic carbocycles. The molecule has 5 nitrogen and oxygen atoms in total. The zero-order valence-corrected chi connectivity index (χ0v) is 11.7. The largest absolute Gasteiger partial charge is 0.339 e. The van der Waals surface area contributed by atoms with Gasteiger partial charge in [-0.3, -0.25) is 4.79 Å². The monoisotopic (exact) mass is 269 g/mol. The van der Waals surface area contributed by atoms with E-state index in [4.69, 9.17) is 4.52 Å². The molecular weight excluding hydrogens is 250 g/mol. The lowest BCUT2D eigenvalue weighted by molar-refractivity contribution is -0.117. The van der Waals surface area contributed by atoms with E-state index < -0.39 is 0 Å². The molecule has 1 aromatic heterocycles. The number of likely N-dealkylation sites (N-methyl/N-ethyl adjacent to an activating group) is 1. The molecule has 1 aliphatic rings. The van der Waals surface area contributed by atoms with Crippen LogP contribution in [0.5, 0.6) is 0 Å². The molecule has 6 heteroatoms. The zero-order valence-electron chi connectivity index (χ0n) is 10.9. The van der Waals surface area contributed by atoms with Gasteiger partial charge in [0.15, 0.2) is 11.6 Å². The lowest BCUT2D eigenvalue weighted by Crippen LogP contribution is -2.25. The van der Waals surface area contributed by atoms with Crippen molar-refractivity contribution < 1.29 is 9.32 Å². The van der Waals surface area contributed by atoms with Crippen molar-refractivity contribution in [2.24, 2.45) is 0 Å². The molecule has 0 spiro atoms. The van der Waals surface area contributed by atoms with Crippen LogP contribution in [0.4, 0.5) is 0 Å². The van der Waals surface area contributed by atoms with Crippen molar-refractivity contribution in [3.8, 4) is 0 Å². The lowest BCUT2D eigenvalue weighted by atomic mass is 10.1. The predicted molar refractivity (Wildman–Crippen MR) is 70.9 cm³/mol. The van der Waals surface area contributed by atoms with Crippen LogP contribution in [0.25, 0.3) is 0 Å². The van der Waals surface area contributed by atoms with Crippen LogP contribution < -0.4 is 0 Å². The fraction of sp³-hybridized carbons (Fsp3) is 0.750. The summed E-state index contributed by atoms with van der Waals surface area (Å²) in [7, 11) is 0. The van der Waals surface area contributed by atoms with Gasteiger partial charge in [0.1, 0.15) is 5.92 Å². The Bertz CT molecular complexity index is 404. The van der Waals surface area contributed by atoms with Crippen LogP contribution in [-0.4, -0.2) is 52.0 Å². The molecule has 0 N–H and O–H groups in total. The van der Waals surface area contributed by atoms with E-state index in [-0.39, 0.29) is 11.7 Å². The fourth-order valence-electron chi connectivity index (χ4n) is 1.99. The minimum Gasteiger partial charge on any atom is -0.339 e. The average Bonchev–Trinajstić information content (AvgIpc) is 2.99. The molecule has 1 aliphatic heterocycles. The molecule has 0 radical (unpaired) electrons. The summed E-state index contributed by atoms with van der Waals surface area (Å²) in [5, 5.41) is 3.96. The van der Waals surface area contributed by atoms with Crippen molar-refractivity contribution in [2.45, 2.75) is 26.2 Å². The molecule has 0 saturated carbocycles. The molecule has 1 unspecified atom stereocenters. The van der Waals surface area contributed by atoms with Gasteiger partial charge in [-0.15, -0.1) is 0 Å². The Morgan fingerprint density at radius 2 is 2.22 bits per heavy atom. The first-order chi connectivity index (χ1) is 8.74. The highest BCUT2D eigenvalue weighted by atomic mass is 32.2. The molecular formula is C12H19N3O2S. The van der Waals surface area contributed by atoms with Crippen molar-refractivity contribution in [1.29, 1.82) is 0 Å². The van der Waals surface area contributed by atoms with Gasteiger partial charge in [0, 0.05) is 18.7 Å².